The lowest BCUT2D eigenvalue weighted by atomic mass is 10.2. The van der Waals surface area contributed by atoms with Gasteiger partial charge in [0.05, 0.1) is 23.0 Å². The largest absolute Gasteiger partial charge is 0.490 e. The Morgan fingerprint density at radius 3 is 2.44 bits per heavy atom. The number of para-hydroxylation sites is 1. The van der Waals surface area contributed by atoms with Crippen molar-refractivity contribution in [2.45, 2.75) is 26.4 Å². The summed E-state index contributed by atoms with van der Waals surface area (Å²) >= 11 is 6.93. The molecule has 0 aliphatic heterocycles. The van der Waals surface area contributed by atoms with Crippen molar-refractivity contribution in [2.75, 3.05) is 11.9 Å². The molecule has 2 amide bonds. The zero-order chi connectivity index (χ0) is 25.9. The van der Waals surface area contributed by atoms with Gasteiger partial charge in [-0.3, -0.25) is 9.59 Å². The van der Waals surface area contributed by atoms with Crippen LogP contribution >= 0.6 is 31.9 Å². The zero-order valence-electron chi connectivity index (χ0n) is 19.4. The van der Waals surface area contributed by atoms with Gasteiger partial charge in [0.15, 0.2) is 11.5 Å². The molecule has 188 valence electrons. The van der Waals surface area contributed by atoms with E-state index in [9.17, 15) is 14.0 Å². The zero-order valence-corrected chi connectivity index (χ0v) is 22.6. The van der Waals surface area contributed by atoms with Gasteiger partial charge in [0.2, 0.25) is 11.8 Å². The molecule has 7 nitrogen and oxygen atoms in total. The number of nitrogens with one attached hydrogen (secondary N) is 2. The van der Waals surface area contributed by atoms with Crippen molar-refractivity contribution in [3.8, 4) is 11.5 Å². The molecule has 0 atom stereocenters. The summed E-state index contributed by atoms with van der Waals surface area (Å²) in [7, 11) is 0. The number of amides is 2. The Morgan fingerprint density at radius 1 is 1.00 bits per heavy atom. The highest BCUT2D eigenvalue weighted by atomic mass is 79.9. The van der Waals surface area contributed by atoms with Gasteiger partial charge in [-0.25, -0.2) is 9.82 Å². The average Bonchev–Trinajstić information content (AvgIpc) is 2.85. The summed E-state index contributed by atoms with van der Waals surface area (Å²) in [6, 6.07) is 17.2. The number of anilines is 1. The lowest BCUT2D eigenvalue weighted by molar-refractivity contribution is -0.124. The molecule has 0 aliphatic rings. The Hall–Kier alpha value is -3.24. The van der Waals surface area contributed by atoms with Crippen molar-refractivity contribution in [1.82, 2.24) is 5.43 Å². The van der Waals surface area contributed by atoms with Crippen LogP contribution in [0, 0.1) is 5.82 Å². The van der Waals surface area contributed by atoms with Crippen LogP contribution < -0.4 is 20.2 Å². The fourth-order valence-electron chi connectivity index (χ4n) is 3.04. The number of hydrazone groups is 1. The maximum absolute atomic E-state index is 13.6. The predicted octanol–water partition coefficient (Wildman–Crippen LogP) is 6.20. The average molecular weight is 621 g/mol. The van der Waals surface area contributed by atoms with Gasteiger partial charge in [0.25, 0.3) is 0 Å². The van der Waals surface area contributed by atoms with E-state index in [-0.39, 0.29) is 18.5 Å². The van der Waals surface area contributed by atoms with Gasteiger partial charge in [0.1, 0.15) is 12.4 Å². The van der Waals surface area contributed by atoms with Crippen molar-refractivity contribution in [3.05, 3.63) is 86.6 Å². The standard InChI is InChI=1S/C26H24Br2FN3O4/c1-2-35-23-14-18(13-20(28)26(23)36-16-17-7-9-19(27)10-8-17)15-30-32-25(34)12-11-24(33)31-22-6-4-3-5-21(22)29/h3-10,13-15H,2,11-12,16H2,1H3,(H,31,33)(H,32,34). The third kappa shape index (κ3) is 8.46. The van der Waals surface area contributed by atoms with E-state index in [1.807, 2.05) is 31.2 Å². The van der Waals surface area contributed by atoms with Crippen molar-refractivity contribution in [3.63, 3.8) is 0 Å². The number of benzene rings is 3. The van der Waals surface area contributed by atoms with E-state index in [1.165, 1.54) is 24.4 Å². The Kier molecular flexibility index (Phi) is 10.4. The quantitative estimate of drug-likeness (QED) is 0.197. The molecule has 3 rings (SSSR count). The van der Waals surface area contributed by atoms with E-state index in [0.717, 1.165) is 10.0 Å². The van der Waals surface area contributed by atoms with Gasteiger partial charge in [-0.2, -0.15) is 5.10 Å². The first-order valence-electron chi connectivity index (χ1n) is 11.1. The Balaban J connectivity index is 1.54. The highest BCUT2D eigenvalue weighted by Gasteiger charge is 2.13. The number of carbonyl (C=O) groups excluding carboxylic acids is 2. The minimum atomic E-state index is -0.540. The second kappa shape index (κ2) is 13.7. The summed E-state index contributed by atoms with van der Waals surface area (Å²) in [5, 5.41) is 6.39. The van der Waals surface area contributed by atoms with Crippen molar-refractivity contribution in [2.24, 2.45) is 5.10 Å². The molecule has 36 heavy (non-hydrogen) atoms. The number of nitrogens with zero attached hydrogens (tertiary/aromatic N) is 1. The molecule has 0 radical (unpaired) electrons. The van der Waals surface area contributed by atoms with Gasteiger partial charge >= 0.3 is 0 Å². The molecule has 0 fully saturated rings. The van der Waals surface area contributed by atoms with Crippen molar-refractivity contribution in [1.29, 1.82) is 0 Å². The molecule has 10 heteroatoms. The molecule has 0 aliphatic carbocycles. The molecule has 3 aromatic rings. The molecule has 2 N–H and O–H groups in total. The van der Waals surface area contributed by atoms with Crippen LogP contribution in [0.5, 0.6) is 11.5 Å². The number of ether oxygens (including phenoxy) is 2. The van der Waals surface area contributed by atoms with E-state index >= 15 is 0 Å². The number of hydrogen-bond acceptors (Lipinski definition) is 5. The topological polar surface area (TPSA) is 89.0 Å². The molecule has 0 saturated heterocycles. The molecular weight excluding hydrogens is 597 g/mol. The van der Waals surface area contributed by atoms with Crippen LogP contribution in [0.3, 0.4) is 0 Å². The molecule has 0 aromatic heterocycles. The monoisotopic (exact) mass is 619 g/mol. The van der Waals surface area contributed by atoms with Crippen LogP contribution in [0.4, 0.5) is 10.1 Å². The first-order valence-corrected chi connectivity index (χ1v) is 12.6. The highest BCUT2D eigenvalue weighted by Crippen LogP contribution is 2.37. The minimum absolute atomic E-state index is 0.0703. The van der Waals surface area contributed by atoms with Gasteiger partial charge in [0, 0.05) is 17.3 Å². The Bertz CT molecular complexity index is 1240. The van der Waals surface area contributed by atoms with Gasteiger partial charge in [-0.15, -0.1) is 0 Å². The third-order valence-electron chi connectivity index (χ3n) is 4.76. The summed E-state index contributed by atoms with van der Waals surface area (Å²) in [4.78, 5) is 24.0. The lowest BCUT2D eigenvalue weighted by Crippen LogP contribution is -2.21. The predicted molar refractivity (Wildman–Crippen MR) is 144 cm³/mol. The first kappa shape index (κ1) is 27.3. The number of carbonyl (C=O) groups is 2. The lowest BCUT2D eigenvalue weighted by Gasteiger charge is -2.14. The SMILES string of the molecule is CCOc1cc(C=NNC(=O)CCC(=O)Nc2ccccc2F)cc(Br)c1OCc1ccc(Br)cc1. The Morgan fingerprint density at radius 2 is 1.72 bits per heavy atom. The highest BCUT2D eigenvalue weighted by molar-refractivity contribution is 9.10. The van der Waals surface area contributed by atoms with Crippen LogP contribution in [0.2, 0.25) is 0 Å². The first-order chi connectivity index (χ1) is 17.4. The maximum atomic E-state index is 13.6. The van der Waals surface area contributed by atoms with E-state index in [1.54, 1.807) is 18.2 Å². The molecule has 0 bridgehead atoms. The second-order valence-electron chi connectivity index (χ2n) is 7.50. The smallest absolute Gasteiger partial charge is 0.240 e. The Labute approximate surface area is 225 Å². The number of hydrogen-bond donors (Lipinski definition) is 2. The van der Waals surface area contributed by atoms with Crippen molar-refractivity contribution >= 4 is 55.6 Å². The van der Waals surface area contributed by atoms with E-state index in [2.05, 4.69) is 47.7 Å². The number of halogens is 3. The fourth-order valence-corrected chi connectivity index (χ4v) is 3.88. The molecule has 0 spiro atoms. The minimum Gasteiger partial charge on any atom is -0.490 e. The number of rotatable bonds is 11. The second-order valence-corrected chi connectivity index (χ2v) is 9.27. The van der Waals surface area contributed by atoms with Crippen LogP contribution in [0.25, 0.3) is 0 Å². The summed E-state index contributed by atoms with van der Waals surface area (Å²) in [6.45, 7) is 2.67. The van der Waals surface area contributed by atoms with E-state index in [4.69, 9.17) is 9.47 Å². The van der Waals surface area contributed by atoms with Gasteiger partial charge < -0.3 is 14.8 Å². The van der Waals surface area contributed by atoms with Crippen LogP contribution in [0.1, 0.15) is 30.9 Å². The molecule has 0 saturated carbocycles. The summed E-state index contributed by atoms with van der Waals surface area (Å²) in [5.74, 6) is -0.373. The van der Waals surface area contributed by atoms with E-state index in [0.29, 0.717) is 34.7 Å². The molecule has 3 aromatic carbocycles. The molecular formula is C26H24Br2FN3O4. The van der Waals surface area contributed by atoms with Crippen LogP contribution in [-0.4, -0.2) is 24.6 Å². The van der Waals surface area contributed by atoms with Crippen LogP contribution in [-0.2, 0) is 16.2 Å². The van der Waals surface area contributed by atoms with Gasteiger partial charge in [-0.1, -0.05) is 40.2 Å². The summed E-state index contributed by atoms with van der Waals surface area (Å²) < 4.78 is 27.0. The van der Waals surface area contributed by atoms with Crippen LogP contribution in [0.15, 0.2) is 74.7 Å². The van der Waals surface area contributed by atoms with Gasteiger partial charge in [-0.05, 0) is 70.4 Å². The third-order valence-corrected chi connectivity index (χ3v) is 5.88. The van der Waals surface area contributed by atoms with E-state index < -0.39 is 17.6 Å². The fraction of sp³-hybridized carbons (Fsp3) is 0.192. The maximum Gasteiger partial charge on any atom is 0.240 e. The summed E-state index contributed by atoms with van der Waals surface area (Å²) in [5.41, 5.74) is 4.12. The molecule has 0 heterocycles. The normalized spacial score (nSPS) is 10.8. The van der Waals surface area contributed by atoms with Crippen molar-refractivity contribution < 1.29 is 23.5 Å². The summed E-state index contributed by atoms with van der Waals surface area (Å²) in [6.07, 6.45) is 1.25. The molecule has 0 unspecified atom stereocenters.